The molecule has 0 saturated heterocycles. The second-order valence-electron chi connectivity index (χ2n) is 4.04. The van der Waals surface area contributed by atoms with Gasteiger partial charge in [0.2, 0.25) is 0 Å². The predicted molar refractivity (Wildman–Crippen MR) is 67.4 cm³/mol. The number of carbonyl (C=O) groups is 1. The fraction of sp³-hybridized carbons (Fsp3) is 0.462. The van der Waals surface area contributed by atoms with Gasteiger partial charge < -0.3 is 0 Å². The van der Waals surface area contributed by atoms with Crippen molar-refractivity contribution in [3.63, 3.8) is 0 Å². The number of carbonyl (C=O) groups excluding carboxylic acids is 1. The molecule has 17 heavy (non-hydrogen) atoms. The van der Waals surface area contributed by atoms with Crippen LogP contribution in [0, 0.1) is 18.6 Å². The summed E-state index contributed by atoms with van der Waals surface area (Å²) < 4.78 is 27.2. The first kappa shape index (κ1) is 14.3. The summed E-state index contributed by atoms with van der Waals surface area (Å²) in [5.41, 5.74) is 0.375. The summed E-state index contributed by atoms with van der Waals surface area (Å²) in [6.07, 6.45) is 1.21. The van der Waals surface area contributed by atoms with Gasteiger partial charge in [0.15, 0.2) is 0 Å². The quantitative estimate of drug-likeness (QED) is 0.753. The summed E-state index contributed by atoms with van der Waals surface area (Å²) in [5, 5.41) is 0. The molecule has 0 spiro atoms. The van der Waals surface area contributed by atoms with E-state index >= 15 is 0 Å². The molecule has 0 bridgehead atoms. The lowest BCUT2D eigenvalue weighted by atomic mass is 10.0. The molecule has 0 heterocycles. The zero-order valence-corrected chi connectivity index (χ0v) is 11.5. The van der Waals surface area contributed by atoms with Crippen molar-refractivity contribution in [3.05, 3.63) is 34.9 Å². The molecule has 0 N–H and O–H groups in total. The SMILES string of the molecule is CCCC(=O)C(Br)Cc1c(F)ccc(C)c1F. The van der Waals surface area contributed by atoms with Gasteiger partial charge in [0, 0.05) is 12.0 Å². The lowest BCUT2D eigenvalue weighted by molar-refractivity contribution is -0.118. The maximum atomic E-state index is 13.7. The fourth-order valence-corrected chi connectivity index (χ4v) is 2.15. The van der Waals surface area contributed by atoms with Crippen molar-refractivity contribution in [2.45, 2.75) is 37.9 Å². The van der Waals surface area contributed by atoms with Gasteiger partial charge in [-0.05, 0) is 31.4 Å². The largest absolute Gasteiger partial charge is 0.298 e. The van der Waals surface area contributed by atoms with Gasteiger partial charge in [0.05, 0.1) is 4.83 Å². The Balaban J connectivity index is 2.88. The first-order valence-electron chi connectivity index (χ1n) is 5.57. The fourth-order valence-electron chi connectivity index (χ4n) is 1.60. The first-order valence-corrected chi connectivity index (χ1v) is 6.49. The molecule has 1 atom stereocenters. The topological polar surface area (TPSA) is 17.1 Å². The van der Waals surface area contributed by atoms with Gasteiger partial charge >= 0.3 is 0 Å². The van der Waals surface area contributed by atoms with Gasteiger partial charge in [-0.2, -0.15) is 0 Å². The van der Waals surface area contributed by atoms with Crippen molar-refractivity contribution in [2.75, 3.05) is 0 Å². The van der Waals surface area contributed by atoms with Crippen LogP contribution in [-0.4, -0.2) is 10.6 Å². The summed E-state index contributed by atoms with van der Waals surface area (Å²) in [6.45, 7) is 3.47. The van der Waals surface area contributed by atoms with E-state index in [1.165, 1.54) is 12.1 Å². The van der Waals surface area contributed by atoms with Crippen molar-refractivity contribution in [3.8, 4) is 0 Å². The molecule has 0 aliphatic rings. The monoisotopic (exact) mass is 304 g/mol. The summed E-state index contributed by atoms with van der Waals surface area (Å²) in [7, 11) is 0. The van der Waals surface area contributed by atoms with Crippen LogP contribution in [0.15, 0.2) is 12.1 Å². The van der Waals surface area contributed by atoms with E-state index in [0.29, 0.717) is 12.0 Å². The molecule has 0 aliphatic carbocycles. The molecule has 0 aliphatic heterocycles. The van der Waals surface area contributed by atoms with E-state index in [0.717, 1.165) is 6.42 Å². The average Bonchev–Trinajstić information content (AvgIpc) is 2.29. The van der Waals surface area contributed by atoms with Gasteiger partial charge in [-0.25, -0.2) is 8.78 Å². The highest BCUT2D eigenvalue weighted by Crippen LogP contribution is 2.21. The number of alkyl halides is 1. The van der Waals surface area contributed by atoms with Crippen molar-refractivity contribution in [2.24, 2.45) is 0 Å². The van der Waals surface area contributed by atoms with Crippen molar-refractivity contribution in [1.82, 2.24) is 0 Å². The molecule has 0 amide bonds. The Hall–Kier alpha value is -0.770. The van der Waals surface area contributed by atoms with Gasteiger partial charge in [0.1, 0.15) is 17.4 Å². The number of hydrogen-bond donors (Lipinski definition) is 0. The van der Waals surface area contributed by atoms with Crippen molar-refractivity contribution < 1.29 is 13.6 Å². The Kier molecular flexibility index (Phi) is 5.25. The summed E-state index contributed by atoms with van der Waals surface area (Å²) >= 11 is 3.19. The van der Waals surface area contributed by atoms with Crippen LogP contribution in [0.1, 0.15) is 30.9 Å². The molecule has 4 heteroatoms. The van der Waals surface area contributed by atoms with Crippen LogP contribution in [-0.2, 0) is 11.2 Å². The van der Waals surface area contributed by atoms with Gasteiger partial charge in [-0.15, -0.1) is 0 Å². The van der Waals surface area contributed by atoms with Crippen molar-refractivity contribution >= 4 is 21.7 Å². The van der Waals surface area contributed by atoms with Crippen LogP contribution < -0.4 is 0 Å². The second kappa shape index (κ2) is 6.24. The number of rotatable bonds is 5. The van der Waals surface area contributed by atoms with E-state index in [4.69, 9.17) is 0 Å². The molecular weight excluding hydrogens is 290 g/mol. The molecule has 0 radical (unpaired) electrons. The Labute approximate surface area is 108 Å². The Morgan fingerprint density at radius 1 is 1.41 bits per heavy atom. The molecule has 94 valence electrons. The van der Waals surface area contributed by atoms with E-state index in [9.17, 15) is 13.6 Å². The molecule has 1 nitrogen and oxygen atoms in total. The molecule has 0 saturated carbocycles. The number of aryl methyl sites for hydroxylation is 1. The van der Waals surface area contributed by atoms with Crippen LogP contribution in [0.4, 0.5) is 8.78 Å². The third-order valence-electron chi connectivity index (χ3n) is 2.61. The van der Waals surface area contributed by atoms with E-state index in [1.807, 2.05) is 6.92 Å². The highest BCUT2D eigenvalue weighted by Gasteiger charge is 2.19. The summed E-state index contributed by atoms with van der Waals surface area (Å²) in [4.78, 5) is 11.0. The Morgan fingerprint density at radius 3 is 2.65 bits per heavy atom. The minimum absolute atomic E-state index is 0.0173. The highest BCUT2D eigenvalue weighted by molar-refractivity contribution is 9.10. The highest BCUT2D eigenvalue weighted by atomic mass is 79.9. The maximum absolute atomic E-state index is 13.7. The molecule has 1 rings (SSSR count). The van der Waals surface area contributed by atoms with Crippen molar-refractivity contribution in [1.29, 1.82) is 0 Å². The average molecular weight is 305 g/mol. The minimum Gasteiger partial charge on any atom is -0.298 e. The normalized spacial score (nSPS) is 12.5. The minimum atomic E-state index is -0.596. The number of hydrogen-bond acceptors (Lipinski definition) is 1. The summed E-state index contributed by atoms with van der Waals surface area (Å²) in [6, 6.07) is 2.63. The van der Waals surface area contributed by atoms with Gasteiger partial charge in [-0.3, -0.25) is 4.79 Å². The predicted octanol–water partition coefficient (Wildman–Crippen LogP) is 3.95. The number of ketones is 1. The number of benzene rings is 1. The molecule has 0 fully saturated rings. The van der Waals surface area contributed by atoms with Crippen LogP contribution >= 0.6 is 15.9 Å². The molecule has 1 aromatic carbocycles. The Bertz CT molecular complexity index is 418. The zero-order valence-electron chi connectivity index (χ0n) is 9.90. The van der Waals surface area contributed by atoms with E-state index < -0.39 is 16.5 Å². The molecule has 1 aromatic rings. The van der Waals surface area contributed by atoms with E-state index in [-0.39, 0.29) is 17.8 Å². The third kappa shape index (κ3) is 3.60. The number of Topliss-reactive ketones (excluding diaryl/α,β-unsaturated/α-hetero) is 1. The first-order chi connectivity index (χ1) is 7.97. The van der Waals surface area contributed by atoms with E-state index in [1.54, 1.807) is 6.92 Å². The van der Waals surface area contributed by atoms with Crippen LogP contribution in [0.2, 0.25) is 0 Å². The van der Waals surface area contributed by atoms with Gasteiger partial charge in [-0.1, -0.05) is 28.9 Å². The number of halogens is 3. The Morgan fingerprint density at radius 2 is 2.06 bits per heavy atom. The zero-order chi connectivity index (χ0) is 13.0. The smallest absolute Gasteiger partial charge is 0.146 e. The standard InChI is InChI=1S/C13H15BrF2O/c1-3-4-12(17)10(14)7-9-11(15)6-5-8(2)13(9)16/h5-6,10H,3-4,7H2,1-2H3. The lowest BCUT2D eigenvalue weighted by Gasteiger charge is -2.11. The second-order valence-corrected chi connectivity index (χ2v) is 5.15. The lowest BCUT2D eigenvalue weighted by Crippen LogP contribution is -2.18. The van der Waals surface area contributed by atoms with Crippen LogP contribution in [0.3, 0.4) is 0 Å². The summed E-state index contributed by atoms with van der Waals surface area (Å²) in [5.74, 6) is -1.17. The van der Waals surface area contributed by atoms with Crippen LogP contribution in [0.5, 0.6) is 0 Å². The third-order valence-corrected chi connectivity index (χ3v) is 3.44. The van der Waals surface area contributed by atoms with Crippen LogP contribution in [0.25, 0.3) is 0 Å². The van der Waals surface area contributed by atoms with Gasteiger partial charge in [0.25, 0.3) is 0 Å². The maximum Gasteiger partial charge on any atom is 0.146 e. The molecule has 0 aromatic heterocycles. The van der Waals surface area contributed by atoms with E-state index in [2.05, 4.69) is 15.9 Å². The molecule has 1 unspecified atom stereocenters. The molecular formula is C13H15BrF2O.